The molecule has 1 heterocycles. The van der Waals surface area contributed by atoms with Gasteiger partial charge in [-0.05, 0) is 40.2 Å². The molecule has 2 rings (SSSR count). The zero-order valence-electron chi connectivity index (χ0n) is 9.35. The predicted molar refractivity (Wildman–Crippen MR) is 74.7 cm³/mol. The Hall–Kier alpha value is -0.750. The quantitative estimate of drug-likeness (QED) is 0.683. The van der Waals surface area contributed by atoms with Gasteiger partial charge in [-0.2, -0.15) is 11.8 Å². The van der Waals surface area contributed by atoms with Gasteiger partial charge in [0, 0.05) is 23.0 Å². The van der Waals surface area contributed by atoms with E-state index in [0.29, 0.717) is 15.8 Å². The summed E-state index contributed by atoms with van der Waals surface area (Å²) in [6.45, 7) is 2.20. The van der Waals surface area contributed by atoms with Crippen molar-refractivity contribution in [2.45, 2.75) is 24.6 Å². The summed E-state index contributed by atoms with van der Waals surface area (Å²) in [7, 11) is 0. The standard InChI is InChI=1S/C11H13BrN2O2S/c1-7-10(4-5-17-7)13-8-2-3-11(14(15)16)9(12)6-8/h2-3,6-7,10,13H,4-5H2,1H3. The zero-order valence-corrected chi connectivity index (χ0v) is 11.8. The third-order valence-corrected chi connectivity index (χ3v) is 4.83. The summed E-state index contributed by atoms with van der Waals surface area (Å²) >= 11 is 5.18. The van der Waals surface area contributed by atoms with Crippen LogP contribution in [-0.2, 0) is 0 Å². The van der Waals surface area contributed by atoms with Crippen LogP contribution in [0.4, 0.5) is 11.4 Å². The number of hydrogen-bond donors (Lipinski definition) is 1. The fourth-order valence-corrected chi connectivity index (χ4v) is 3.60. The lowest BCUT2D eigenvalue weighted by atomic mass is 10.1. The van der Waals surface area contributed by atoms with Gasteiger partial charge in [0.05, 0.1) is 9.40 Å². The average molecular weight is 317 g/mol. The number of anilines is 1. The largest absolute Gasteiger partial charge is 0.381 e. The molecule has 2 unspecified atom stereocenters. The van der Waals surface area contributed by atoms with Gasteiger partial charge in [-0.25, -0.2) is 0 Å². The Morgan fingerprint density at radius 1 is 1.59 bits per heavy atom. The van der Waals surface area contributed by atoms with Crippen molar-refractivity contribution in [3.8, 4) is 0 Å². The molecule has 0 bridgehead atoms. The molecule has 1 N–H and O–H groups in total. The van der Waals surface area contributed by atoms with Gasteiger partial charge < -0.3 is 5.32 Å². The van der Waals surface area contributed by atoms with E-state index in [2.05, 4.69) is 28.2 Å². The molecule has 1 aromatic carbocycles. The summed E-state index contributed by atoms with van der Waals surface area (Å²) in [6.07, 6.45) is 1.14. The molecule has 0 amide bonds. The number of nitrogens with zero attached hydrogens (tertiary/aromatic N) is 1. The molecule has 1 aromatic rings. The van der Waals surface area contributed by atoms with E-state index in [1.165, 1.54) is 11.8 Å². The molecule has 4 nitrogen and oxygen atoms in total. The Balaban J connectivity index is 2.12. The first-order valence-corrected chi connectivity index (χ1v) is 7.24. The highest BCUT2D eigenvalue weighted by Crippen LogP contribution is 2.32. The second-order valence-corrected chi connectivity index (χ2v) is 6.38. The smallest absolute Gasteiger partial charge is 0.283 e. The molecule has 6 heteroatoms. The van der Waals surface area contributed by atoms with Gasteiger partial charge in [-0.3, -0.25) is 10.1 Å². The van der Waals surface area contributed by atoms with Gasteiger partial charge >= 0.3 is 0 Å². The van der Waals surface area contributed by atoms with Crippen LogP contribution in [0.3, 0.4) is 0 Å². The fraction of sp³-hybridized carbons (Fsp3) is 0.455. The SMILES string of the molecule is CC1SCCC1Nc1ccc([N+](=O)[O-])c(Br)c1. The number of rotatable bonds is 3. The van der Waals surface area contributed by atoms with Gasteiger partial charge in [-0.1, -0.05) is 6.92 Å². The minimum absolute atomic E-state index is 0.101. The summed E-state index contributed by atoms with van der Waals surface area (Å²) in [6, 6.07) is 5.51. The van der Waals surface area contributed by atoms with Crippen molar-refractivity contribution in [1.82, 2.24) is 0 Å². The molecule has 1 saturated heterocycles. The normalized spacial score (nSPS) is 23.6. The Labute approximate surface area is 112 Å². The highest BCUT2D eigenvalue weighted by molar-refractivity contribution is 9.10. The fourth-order valence-electron chi connectivity index (χ4n) is 1.88. The van der Waals surface area contributed by atoms with Gasteiger partial charge in [0.25, 0.3) is 5.69 Å². The van der Waals surface area contributed by atoms with E-state index in [1.54, 1.807) is 12.1 Å². The molecule has 92 valence electrons. The number of nitrogens with one attached hydrogen (secondary N) is 1. The molecule has 0 radical (unpaired) electrons. The minimum atomic E-state index is -0.387. The number of nitro groups is 1. The average Bonchev–Trinajstić information content (AvgIpc) is 2.64. The Morgan fingerprint density at radius 2 is 2.35 bits per heavy atom. The first-order valence-electron chi connectivity index (χ1n) is 5.40. The van der Waals surface area contributed by atoms with Crippen LogP contribution in [0.15, 0.2) is 22.7 Å². The van der Waals surface area contributed by atoms with Crippen molar-refractivity contribution < 1.29 is 4.92 Å². The van der Waals surface area contributed by atoms with E-state index in [-0.39, 0.29) is 10.6 Å². The van der Waals surface area contributed by atoms with Crippen LogP contribution in [0.25, 0.3) is 0 Å². The lowest BCUT2D eigenvalue weighted by Gasteiger charge is -2.17. The van der Waals surface area contributed by atoms with E-state index in [9.17, 15) is 10.1 Å². The van der Waals surface area contributed by atoms with Crippen LogP contribution in [0, 0.1) is 10.1 Å². The number of hydrogen-bond acceptors (Lipinski definition) is 4. The van der Waals surface area contributed by atoms with Crippen LogP contribution in [0.1, 0.15) is 13.3 Å². The van der Waals surface area contributed by atoms with Crippen LogP contribution < -0.4 is 5.32 Å². The third kappa shape index (κ3) is 2.93. The van der Waals surface area contributed by atoms with Gasteiger partial charge in [0.15, 0.2) is 0 Å². The second kappa shape index (κ2) is 5.27. The van der Waals surface area contributed by atoms with Crippen molar-refractivity contribution >= 4 is 39.1 Å². The first kappa shape index (κ1) is 12.7. The highest BCUT2D eigenvalue weighted by Gasteiger charge is 2.24. The first-order chi connectivity index (χ1) is 8.08. The molecule has 2 atom stereocenters. The summed E-state index contributed by atoms with van der Waals surface area (Å²) in [4.78, 5) is 10.3. The molecule has 1 fully saturated rings. The van der Waals surface area contributed by atoms with Crippen molar-refractivity contribution in [2.24, 2.45) is 0 Å². The molecular formula is C11H13BrN2O2S. The number of thioether (sulfide) groups is 1. The van der Waals surface area contributed by atoms with E-state index in [1.807, 2.05) is 11.8 Å². The maximum atomic E-state index is 10.7. The lowest BCUT2D eigenvalue weighted by molar-refractivity contribution is -0.385. The maximum absolute atomic E-state index is 10.7. The number of nitro benzene ring substituents is 1. The topological polar surface area (TPSA) is 55.2 Å². The molecule has 0 spiro atoms. The molecule has 1 aliphatic rings. The van der Waals surface area contributed by atoms with Crippen LogP contribution >= 0.6 is 27.7 Å². The monoisotopic (exact) mass is 316 g/mol. The van der Waals surface area contributed by atoms with E-state index >= 15 is 0 Å². The lowest BCUT2D eigenvalue weighted by Crippen LogP contribution is -2.24. The van der Waals surface area contributed by atoms with Crippen molar-refractivity contribution in [3.63, 3.8) is 0 Å². The summed E-state index contributed by atoms with van der Waals surface area (Å²) in [5.74, 6) is 1.17. The van der Waals surface area contributed by atoms with Crippen molar-refractivity contribution in [3.05, 3.63) is 32.8 Å². The number of benzene rings is 1. The zero-order chi connectivity index (χ0) is 12.4. The van der Waals surface area contributed by atoms with Crippen LogP contribution in [0.5, 0.6) is 0 Å². The van der Waals surface area contributed by atoms with E-state index in [0.717, 1.165) is 12.1 Å². The van der Waals surface area contributed by atoms with Gasteiger partial charge in [0.1, 0.15) is 0 Å². The van der Waals surface area contributed by atoms with Gasteiger partial charge in [-0.15, -0.1) is 0 Å². The summed E-state index contributed by atoms with van der Waals surface area (Å²) in [5.41, 5.74) is 1.03. The predicted octanol–water partition coefficient (Wildman–Crippen LogP) is 3.66. The Kier molecular flexibility index (Phi) is 3.93. The molecule has 0 saturated carbocycles. The van der Waals surface area contributed by atoms with Crippen LogP contribution in [0.2, 0.25) is 0 Å². The Morgan fingerprint density at radius 3 is 2.88 bits per heavy atom. The molecule has 17 heavy (non-hydrogen) atoms. The molecule has 0 aromatic heterocycles. The highest BCUT2D eigenvalue weighted by atomic mass is 79.9. The van der Waals surface area contributed by atoms with Crippen LogP contribution in [-0.4, -0.2) is 22.0 Å². The van der Waals surface area contributed by atoms with E-state index < -0.39 is 0 Å². The summed E-state index contributed by atoms with van der Waals surface area (Å²) < 4.78 is 0.519. The van der Waals surface area contributed by atoms with Gasteiger partial charge in [0.2, 0.25) is 0 Å². The maximum Gasteiger partial charge on any atom is 0.283 e. The van der Waals surface area contributed by atoms with E-state index in [4.69, 9.17) is 0 Å². The minimum Gasteiger partial charge on any atom is -0.381 e. The second-order valence-electron chi connectivity index (χ2n) is 4.04. The molecule has 0 aliphatic carbocycles. The molecule has 1 aliphatic heterocycles. The third-order valence-electron chi connectivity index (χ3n) is 2.87. The van der Waals surface area contributed by atoms with Crippen molar-refractivity contribution in [1.29, 1.82) is 0 Å². The molecular weight excluding hydrogens is 304 g/mol. The summed E-state index contributed by atoms with van der Waals surface area (Å²) in [5, 5.41) is 14.7. The van der Waals surface area contributed by atoms with Crippen molar-refractivity contribution in [2.75, 3.05) is 11.1 Å². The Bertz CT molecular complexity index is 441. The number of halogens is 1.